The number of nitrogens with one attached hydrogen (secondary N) is 1. The Labute approximate surface area is 370 Å². The van der Waals surface area contributed by atoms with Crippen LogP contribution in [0.25, 0.3) is 10.9 Å². The molecule has 0 radical (unpaired) electrons. The summed E-state index contributed by atoms with van der Waals surface area (Å²) in [6.07, 6.45) is 13.9. The lowest BCUT2D eigenvalue weighted by atomic mass is 9.65. The largest absolute Gasteiger partial charge is 0.490 e. The summed E-state index contributed by atoms with van der Waals surface area (Å²) >= 11 is 0. The van der Waals surface area contributed by atoms with Gasteiger partial charge in [0.05, 0.1) is 5.52 Å². The quantitative estimate of drug-likeness (QED) is 0.145. The van der Waals surface area contributed by atoms with Gasteiger partial charge < -0.3 is 29.5 Å². The van der Waals surface area contributed by atoms with Crippen LogP contribution < -0.4 is 14.8 Å². The van der Waals surface area contributed by atoms with Crippen molar-refractivity contribution < 1.29 is 28.7 Å². The summed E-state index contributed by atoms with van der Waals surface area (Å²) < 4.78 is 13.0. The summed E-state index contributed by atoms with van der Waals surface area (Å²) in [4.78, 5) is 64.2. The zero-order valence-corrected chi connectivity index (χ0v) is 36.6. The topological polar surface area (TPSA) is 121 Å². The minimum Gasteiger partial charge on any atom is -0.490 e. The van der Waals surface area contributed by atoms with Crippen LogP contribution in [0.4, 0.5) is 0 Å². The van der Waals surface area contributed by atoms with Crippen molar-refractivity contribution in [2.24, 2.45) is 29.6 Å². The molecule has 1 N–H and O–H groups in total. The zero-order chi connectivity index (χ0) is 43.0. The predicted octanol–water partition coefficient (Wildman–Crippen LogP) is 8.02. The maximum Gasteiger partial charge on any atom is 0.254 e. The second-order valence-corrected chi connectivity index (χ2v) is 19.5. The van der Waals surface area contributed by atoms with Crippen LogP contribution >= 0.6 is 0 Å². The maximum absolute atomic E-state index is 14.0. The highest BCUT2D eigenvalue weighted by molar-refractivity contribution is 5.95. The van der Waals surface area contributed by atoms with Crippen LogP contribution in [-0.2, 0) is 16.1 Å². The molecule has 2 saturated heterocycles. The fourth-order valence-corrected chi connectivity index (χ4v) is 11.1. The van der Waals surface area contributed by atoms with Crippen molar-refractivity contribution in [2.45, 2.75) is 102 Å². The van der Waals surface area contributed by atoms with Gasteiger partial charge in [-0.1, -0.05) is 37.1 Å². The van der Waals surface area contributed by atoms with E-state index in [9.17, 15) is 19.2 Å². The summed E-state index contributed by atoms with van der Waals surface area (Å²) in [5, 5.41) is 4.33. The Hall–Kier alpha value is -5.45. The fourth-order valence-electron chi connectivity index (χ4n) is 11.1. The van der Waals surface area contributed by atoms with E-state index < -0.39 is 0 Å². The van der Waals surface area contributed by atoms with E-state index in [4.69, 9.17) is 9.47 Å². The Morgan fingerprint density at radius 1 is 0.714 bits per heavy atom. The first-order valence-corrected chi connectivity index (χ1v) is 23.7. The van der Waals surface area contributed by atoms with Crippen molar-refractivity contribution >= 4 is 34.5 Å². The lowest BCUT2D eigenvalue weighted by Crippen LogP contribution is -2.42. The number of hydrogen-bond donors (Lipinski definition) is 1. The highest BCUT2D eigenvalue weighted by atomic mass is 16.5. The minimum atomic E-state index is -0.132. The van der Waals surface area contributed by atoms with E-state index in [2.05, 4.69) is 10.3 Å². The van der Waals surface area contributed by atoms with Gasteiger partial charge >= 0.3 is 0 Å². The molecule has 3 aromatic carbocycles. The van der Waals surface area contributed by atoms with Gasteiger partial charge in [-0.25, -0.2) is 0 Å². The molecule has 11 rings (SSSR count). The molecular formula is C52H61N5O6. The third-order valence-corrected chi connectivity index (χ3v) is 15.1. The van der Waals surface area contributed by atoms with Crippen molar-refractivity contribution in [1.82, 2.24) is 25.0 Å². The van der Waals surface area contributed by atoms with Crippen molar-refractivity contribution in [2.75, 3.05) is 39.8 Å². The van der Waals surface area contributed by atoms with Gasteiger partial charge in [0.2, 0.25) is 11.8 Å². The molecule has 1 aromatic heterocycles. The Bertz CT molecular complexity index is 2330. The normalized spacial score (nSPS) is 24.8. The SMILES string of the molecule is CN(Cc1cccc2ncccc12)C(=O)c1cccc(OC2CCN(C(=O)C3CC3c3cc(OC4CCN(C(=O)C5CC5)CC4)cc(C(=O)NCC4CC5CCC4CC5)c3)CC2)c1. The molecule has 2 aliphatic heterocycles. The third-order valence-electron chi connectivity index (χ3n) is 15.1. The molecule has 63 heavy (non-hydrogen) atoms. The van der Waals surface area contributed by atoms with Gasteiger partial charge in [-0.3, -0.25) is 24.2 Å². The third kappa shape index (κ3) is 9.43. The number of ether oxygens (including phenoxy) is 2. The molecule has 11 nitrogen and oxygen atoms in total. The Morgan fingerprint density at radius 2 is 1.41 bits per heavy atom. The van der Waals surface area contributed by atoms with Crippen molar-refractivity contribution in [3.8, 4) is 11.5 Å². The van der Waals surface area contributed by atoms with Crippen LogP contribution in [0.3, 0.4) is 0 Å². The molecule has 0 spiro atoms. The Kier molecular flexibility index (Phi) is 11.9. The average molecular weight is 852 g/mol. The van der Waals surface area contributed by atoms with Crippen LogP contribution in [0.5, 0.6) is 11.5 Å². The number of carbonyl (C=O) groups is 4. The second-order valence-electron chi connectivity index (χ2n) is 19.5. The standard InChI is InChI=1S/C52H61N5O6/c1-55(32-37-6-3-9-48-45(37)8-4-20-53-48)50(59)36-5-2-7-43(27-36)62-41-18-23-57(24-19-41)52(61)47-30-46(47)38-26-39(49(58)54-31-40-25-33-10-12-34(40)13-11-33)29-44(28-38)63-42-16-21-56(22-17-42)51(60)35-14-15-35/h2-9,20,26-29,33-35,40-42,46-47H,10-19,21-25,30-32H2,1H3,(H,54,58). The van der Waals surface area contributed by atoms with Gasteiger partial charge in [0.1, 0.15) is 23.7 Å². The number of hydrogen-bond acceptors (Lipinski definition) is 7. The van der Waals surface area contributed by atoms with Gasteiger partial charge in [0.15, 0.2) is 0 Å². The number of rotatable bonds is 13. The number of aromatic nitrogens is 1. The maximum atomic E-state index is 14.0. The second kappa shape index (κ2) is 18.0. The molecule has 7 aliphatic rings. The van der Waals surface area contributed by atoms with Gasteiger partial charge in [0, 0.05) is 107 Å². The number of nitrogens with zero attached hydrogens (tertiary/aromatic N) is 4. The van der Waals surface area contributed by atoms with Crippen LogP contribution in [0.1, 0.15) is 115 Å². The summed E-state index contributed by atoms with van der Waals surface area (Å²) in [5.74, 6) is 3.82. The van der Waals surface area contributed by atoms with Crippen molar-refractivity contribution in [1.29, 1.82) is 0 Å². The Balaban J connectivity index is 0.747. The molecule has 4 amide bonds. The zero-order valence-electron chi connectivity index (χ0n) is 36.6. The van der Waals surface area contributed by atoms with Crippen molar-refractivity contribution in [3.05, 3.63) is 101 Å². The molecule has 5 aliphatic carbocycles. The van der Waals surface area contributed by atoms with E-state index in [-0.39, 0.29) is 53.6 Å². The fraction of sp³-hybridized carbons (Fsp3) is 0.519. The predicted molar refractivity (Wildman–Crippen MR) is 240 cm³/mol. The summed E-state index contributed by atoms with van der Waals surface area (Å²) in [6.45, 7) is 3.79. The highest BCUT2D eigenvalue weighted by Gasteiger charge is 2.47. The van der Waals surface area contributed by atoms with Crippen LogP contribution in [-0.4, -0.2) is 95.3 Å². The molecular weight excluding hydrogens is 791 g/mol. The van der Waals surface area contributed by atoms with E-state index in [1.807, 2.05) is 89.6 Å². The van der Waals surface area contributed by atoms with Crippen LogP contribution in [0.2, 0.25) is 0 Å². The molecule has 3 heterocycles. The van der Waals surface area contributed by atoms with E-state index >= 15 is 0 Å². The van der Waals surface area contributed by atoms with Gasteiger partial charge in [0.25, 0.3) is 11.8 Å². The van der Waals surface area contributed by atoms with Crippen molar-refractivity contribution in [3.63, 3.8) is 0 Å². The molecule has 5 saturated carbocycles. The van der Waals surface area contributed by atoms with E-state index in [1.165, 1.54) is 32.1 Å². The summed E-state index contributed by atoms with van der Waals surface area (Å²) in [5.41, 5.74) is 4.10. The number of pyridine rings is 1. The molecule has 330 valence electrons. The monoisotopic (exact) mass is 851 g/mol. The lowest BCUT2D eigenvalue weighted by molar-refractivity contribution is -0.135. The molecule has 11 heteroatoms. The lowest BCUT2D eigenvalue weighted by Gasteiger charge is -2.42. The van der Waals surface area contributed by atoms with Gasteiger partial charge in [-0.05, 0) is 122 Å². The van der Waals surface area contributed by atoms with Gasteiger partial charge in [-0.2, -0.15) is 0 Å². The molecule has 4 aromatic rings. The molecule has 3 atom stereocenters. The highest BCUT2D eigenvalue weighted by Crippen LogP contribution is 2.50. The average Bonchev–Trinajstić information content (AvgIpc) is 4.27. The number of likely N-dealkylation sites (tertiary alicyclic amines) is 2. The first-order chi connectivity index (χ1) is 30.7. The smallest absolute Gasteiger partial charge is 0.254 e. The van der Waals surface area contributed by atoms with E-state index in [1.54, 1.807) is 11.1 Å². The first-order valence-electron chi connectivity index (χ1n) is 23.7. The van der Waals surface area contributed by atoms with Crippen LogP contribution in [0.15, 0.2) is 79.0 Å². The number of amides is 4. The number of benzene rings is 3. The molecule has 7 fully saturated rings. The number of fused-ring (bicyclic) bond motifs is 4. The molecule has 2 bridgehead atoms. The Morgan fingerprint density at radius 3 is 2.13 bits per heavy atom. The van der Waals surface area contributed by atoms with E-state index in [0.717, 1.165) is 60.1 Å². The first kappa shape index (κ1) is 41.6. The van der Waals surface area contributed by atoms with E-state index in [0.29, 0.717) is 86.6 Å². The minimum absolute atomic E-state index is 0.0275. The summed E-state index contributed by atoms with van der Waals surface area (Å²) in [6, 6.07) is 23.2. The van der Waals surface area contributed by atoms with Crippen LogP contribution in [0, 0.1) is 29.6 Å². The number of carbonyl (C=O) groups excluding carboxylic acids is 4. The molecule has 3 unspecified atom stereocenters. The number of piperidine rings is 2. The van der Waals surface area contributed by atoms with Gasteiger partial charge in [-0.15, -0.1) is 0 Å². The summed E-state index contributed by atoms with van der Waals surface area (Å²) in [7, 11) is 1.81.